The van der Waals surface area contributed by atoms with Crippen molar-refractivity contribution >= 4 is 22.1 Å². The number of carboxylic acids is 2. The molecule has 2 atom stereocenters. The summed E-state index contributed by atoms with van der Waals surface area (Å²) >= 11 is 0. The molecule has 0 spiro atoms. The Morgan fingerprint density at radius 1 is 1.09 bits per heavy atom. The molecule has 0 amide bonds. The highest BCUT2D eigenvalue weighted by atomic mass is 32.2. The molecule has 0 saturated heterocycles. The van der Waals surface area contributed by atoms with Crippen LogP contribution in [0.25, 0.3) is 0 Å². The number of hydrogen-bond acceptors (Lipinski definition) is 4. The van der Waals surface area contributed by atoms with E-state index in [0.29, 0.717) is 12.0 Å². The molecule has 0 aromatic heterocycles. The third-order valence-corrected chi connectivity index (χ3v) is 5.21. The number of hydrogen-bond donors (Lipinski definition) is 3. The molecule has 0 aliphatic rings. The molecular weight excluding hydrogens is 312 g/mol. The number of rotatable bonds is 10. The second kappa shape index (κ2) is 7.55. The zero-order chi connectivity index (χ0) is 17.7. The molecule has 2 unspecified atom stereocenters. The van der Waals surface area contributed by atoms with Gasteiger partial charge >= 0.3 is 11.9 Å². The number of allylic oxidation sites excluding steroid dienone is 2. The smallest absolute Gasteiger partial charge is 0.328 e. The van der Waals surface area contributed by atoms with E-state index in [1.54, 1.807) is 13.8 Å². The van der Waals surface area contributed by atoms with Crippen LogP contribution >= 0.6 is 0 Å². The zero-order valence-corrected chi connectivity index (χ0v) is 13.5. The molecule has 3 N–H and O–H groups in total. The van der Waals surface area contributed by atoms with Crippen molar-refractivity contribution < 1.29 is 32.8 Å². The first-order valence-electron chi connectivity index (χ1n) is 6.70. The summed E-state index contributed by atoms with van der Waals surface area (Å²) in [6.07, 6.45) is -0.425. The fourth-order valence-electron chi connectivity index (χ4n) is 2.11. The maximum Gasteiger partial charge on any atom is 0.328 e. The van der Waals surface area contributed by atoms with Crippen molar-refractivity contribution in [2.24, 2.45) is 5.92 Å². The Kier molecular flexibility index (Phi) is 6.98. The van der Waals surface area contributed by atoms with E-state index in [9.17, 15) is 32.8 Å². The van der Waals surface area contributed by atoms with E-state index in [1.165, 1.54) is 0 Å². The van der Waals surface area contributed by atoms with Crippen LogP contribution in [0.3, 0.4) is 0 Å². The van der Waals surface area contributed by atoms with E-state index in [2.05, 4.69) is 13.2 Å². The van der Waals surface area contributed by atoms with Gasteiger partial charge in [0.15, 0.2) is 0 Å². The summed E-state index contributed by atoms with van der Waals surface area (Å²) in [7, 11) is -5.21. The van der Waals surface area contributed by atoms with Crippen molar-refractivity contribution in [1.82, 2.24) is 0 Å². The lowest BCUT2D eigenvalue weighted by Crippen LogP contribution is -2.55. The highest BCUT2D eigenvalue weighted by Crippen LogP contribution is 2.38. The predicted molar refractivity (Wildman–Crippen MR) is 81.1 cm³/mol. The minimum absolute atomic E-state index is 0.216. The number of carboxylic acid groups (broad SMARTS) is 2. The Hall–Kier alpha value is -1.67. The van der Waals surface area contributed by atoms with E-state index in [-0.39, 0.29) is 18.4 Å². The van der Waals surface area contributed by atoms with Crippen molar-refractivity contribution in [2.45, 2.75) is 44.3 Å². The van der Waals surface area contributed by atoms with Gasteiger partial charge in [0.25, 0.3) is 10.1 Å². The molecule has 0 heterocycles. The predicted octanol–water partition coefficient (Wildman–Crippen LogP) is 2.11. The second-order valence-corrected chi connectivity index (χ2v) is 6.83. The normalized spacial score (nSPS) is 15.6. The summed E-state index contributed by atoms with van der Waals surface area (Å²) in [6.45, 7) is 10.4. The van der Waals surface area contributed by atoms with Gasteiger partial charge < -0.3 is 10.2 Å². The molecule has 0 aliphatic heterocycles. The van der Waals surface area contributed by atoms with Crippen LogP contribution in [0.4, 0.5) is 0 Å². The maximum atomic E-state index is 11.8. The van der Waals surface area contributed by atoms with Gasteiger partial charge in [0.1, 0.15) is 0 Å². The van der Waals surface area contributed by atoms with Gasteiger partial charge in [-0.2, -0.15) is 8.42 Å². The lowest BCUT2D eigenvalue weighted by atomic mass is 9.81. The molecular formula is C14H22O7S. The minimum atomic E-state index is -5.21. The summed E-state index contributed by atoms with van der Waals surface area (Å²) in [5, 5.41) is 18.8. The number of carbonyl (C=O) groups is 2. The first-order chi connectivity index (χ1) is 9.93. The van der Waals surface area contributed by atoms with Crippen LogP contribution < -0.4 is 0 Å². The molecule has 8 heteroatoms. The average molecular weight is 334 g/mol. The van der Waals surface area contributed by atoms with Crippen LogP contribution in [0.15, 0.2) is 24.3 Å². The quantitative estimate of drug-likeness (QED) is 0.412. The molecule has 0 fully saturated rings. The van der Waals surface area contributed by atoms with E-state index >= 15 is 0 Å². The van der Waals surface area contributed by atoms with Crippen LogP contribution in [0, 0.1) is 5.92 Å². The largest absolute Gasteiger partial charge is 0.481 e. The Bertz CT molecular complexity index is 576. The molecule has 0 radical (unpaired) electrons. The van der Waals surface area contributed by atoms with Crippen molar-refractivity contribution in [3.05, 3.63) is 24.3 Å². The molecule has 0 aliphatic carbocycles. The van der Waals surface area contributed by atoms with Crippen molar-refractivity contribution in [2.75, 3.05) is 0 Å². The lowest BCUT2D eigenvalue weighted by Gasteiger charge is -2.32. The van der Waals surface area contributed by atoms with Crippen LogP contribution in [-0.2, 0) is 19.7 Å². The first kappa shape index (κ1) is 20.3. The van der Waals surface area contributed by atoms with Gasteiger partial charge in [0, 0.05) is 6.42 Å². The van der Waals surface area contributed by atoms with E-state index < -0.39 is 39.1 Å². The lowest BCUT2D eigenvalue weighted by molar-refractivity contribution is -0.152. The van der Waals surface area contributed by atoms with Gasteiger partial charge in [-0.1, -0.05) is 38.2 Å². The number of aliphatic carboxylic acids is 2. The van der Waals surface area contributed by atoms with E-state index in [1.807, 2.05) is 0 Å². The monoisotopic (exact) mass is 334 g/mol. The SMILES string of the molecule is C=C(CC)CC(C(=O)O)C(CC(=C)CC)(C(=O)O)S(=O)(=O)O. The minimum Gasteiger partial charge on any atom is -0.481 e. The molecule has 0 bridgehead atoms. The van der Waals surface area contributed by atoms with Crippen LogP contribution in [-0.4, -0.2) is 39.9 Å². The first-order valence-corrected chi connectivity index (χ1v) is 8.14. The average Bonchev–Trinajstić information content (AvgIpc) is 2.39. The van der Waals surface area contributed by atoms with E-state index in [4.69, 9.17) is 0 Å². The molecule has 126 valence electrons. The van der Waals surface area contributed by atoms with Crippen molar-refractivity contribution in [3.63, 3.8) is 0 Å². The molecule has 0 aromatic rings. The molecule has 0 rings (SSSR count). The standard InChI is InChI=1S/C14H22O7S/c1-5-9(3)7-11(12(15)16)14(13(17)18,22(19,20)21)8-10(4)6-2/h11H,3-8H2,1-2H3,(H,15,16)(H,17,18)(H,19,20,21). The zero-order valence-electron chi connectivity index (χ0n) is 12.7. The van der Waals surface area contributed by atoms with Gasteiger partial charge in [0.2, 0.25) is 4.75 Å². The molecule has 0 saturated carbocycles. The summed E-state index contributed by atoms with van der Waals surface area (Å²) in [5.74, 6) is -5.41. The van der Waals surface area contributed by atoms with Crippen molar-refractivity contribution in [1.29, 1.82) is 0 Å². The maximum absolute atomic E-state index is 11.8. The Labute approximate surface area is 130 Å². The summed E-state index contributed by atoms with van der Waals surface area (Å²) in [6, 6.07) is 0. The third-order valence-electron chi connectivity index (χ3n) is 3.69. The molecule has 7 nitrogen and oxygen atoms in total. The van der Waals surface area contributed by atoms with Crippen LogP contribution in [0.1, 0.15) is 39.5 Å². The van der Waals surface area contributed by atoms with Gasteiger partial charge in [-0.3, -0.25) is 14.1 Å². The van der Waals surface area contributed by atoms with Crippen LogP contribution in [0.5, 0.6) is 0 Å². The Balaban J connectivity index is 6.31. The summed E-state index contributed by atoms with van der Waals surface area (Å²) in [4.78, 5) is 23.2. The fourth-order valence-corrected chi connectivity index (χ4v) is 3.26. The summed E-state index contributed by atoms with van der Waals surface area (Å²) in [5.41, 5.74) is 0.595. The van der Waals surface area contributed by atoms with Crippen LogP contribution in [0.2, 0.25) is 0 Å². The molecule has 0 aromatic carbocycles. The third kappa shape index (κ3) is 4.17. The summed E-state index contributed by atoms with van der Waals surface area (Å²) < 4.78 is 30.2. The van der Waals surface area contributed by atoms with E-state index in [0.717, 1.165) is 0 Å². The van der Waals surface area contributed by atoms with Crippen molar-refractivity contribution in [3.8, 4) is 0 Å². The van der Waals surface area contributed by atoms with Gasteiger partial charge in [-0.25, -0.2) is 0 Å². The highest BCUT2D eigenvalue weighted by Gasteiger charge is 2.59. The topological polar surface area (TPSA) is 129 Å². The van der Waals surface area contributed by atoms with Gasteiger partial charge in [-0.15, -0.1) is 0 Å². The van der Waals surface area contributed by atoms with Gasteiger partial charge in [0.05, 0.1) is 5.92 Å². The van der Waals surface area contributed by atoms with Gasteiger partial charge in [-0.05, 0) is 19.3 Å². The molecule has 22 heavy (non-hydrogen) atoms. The Morgan fingerprint density at radius 3 is 1.82 bits per heavy atom. The highest BCUT2D eigenvalue weighted by molar-refractivity contribution is 7.88. The second-order valence-electron chi connectivity index (χ2n) is 5.15. The Morgan fingerprint density at radius 2 is 1.55 bits per heavy atom. The fraction of sp³-hybridized carbons (Fsp3) is 0.571.